The van der Waals surface area contributed by atoms with E-state index in [9.17, 15) is 8.78 Å². The van der Waals surface area contributed by atoms with Crippen LogP contribution in [0, 0.1) is 5.92 Å². The summed E-state index contributed by atoms with van der Waals surface area (Å²) in [5.41, 5.74) is 2.74. The summed E-state index contributed by atoms with van der Waals surface area (Å²) in [4.78, 5) is 16.2. The van der Waals surface area contributed by atoms with Gasteiger partial charge in [-0.25, -0.2) is 18.7 Å². The van der Waals surface area contributed by atoms with Crippen molar-refractivity contribution in [1.29, 1.82) is 0 Å². The van der Waals surface area contributed by atoms with Crippen LogP contribution in [0.5, 0.6) is 0 Å². The fourth-order valence-electron chi connectivity index (χ4n) is 3.45. The highest BCUT2D eigenvalue weighted by Gasteiger charge is 2.28. The van der Waals surface area contributed by atoms with Crippen LogP contribution in [-0.2, 0) is 0 Å². The number of hydrogen-bond acceptors (Lipinski definition) is 4. The Morgan fingerprint density at radius 2 is 2.07 bits per heavy atom. The van der Waals surface area contributed by atoms with Crippen LogP contribution >= 0.6 is 0 Å². The molecular weight excluding hydrogens is 350 g/mol. The van der Waals surface area contributed by atoms with Gasteiger partial charge in [-0.2, -0.15) is 4.98 Å². The maximum absolute atomic E-state index is 13.2. The zero-order valence-corrected chi connectivity index (χ0v) is 14.7. The van der Waals surface area contributed by atoms with Crippen molar-refractivity contribution in [2.24, 2.45) is 5.92 Å². The number of pyridine rings is 1. The van der Waals surface area contributed by atoms with Crippen LogP contribution in [0.4, 0.5) is 14.7 Å². The Morgan fingerprint density at radius 1 is 1.22 bits per heavy atom. The van der Waals surface area contributed by atoms with Gasteiger partial charge >= 0.3 is 0 Å². The van der Waals surface area contributed by atoms with Crippen LogP contribution in [0.25, 0.3) is 27.8 Å². The second kappa shape index (κ2) is 6.00. The number of nitrogens with zero attached hydrogens (tertiary/aromatic N) is 4. The van der Waals surface area contributed by atoms with E-state index in [1.54, 1.807) is 18.5 Å². The van der Waals surface area contributed by atoms with Gasteiger partial charge in [0, 0.05) is 41.1 Å². The molecule has 0 spiro atoms. The molecule has 1 unspecified atom stereocenters. The third-order valence-corrected chi connectivity index (χ3v) is 5.19. The molecule has 1 aliphatic carbocycles. The minimum absolute atomic E-state index is 0.122. The second-order valence-electron chi connectivity index (χ2n) is 7.06. The average molecular weight is 368 g/mol. The Balaban J connectivity index is 1.52. The SMILES string of the molecule is CC(Nc1ncc2c(-c3ccc4ncc(C(F)F)n4c3)c[nH]c2n1)C1CC1. The van der Waals surface area contributed by atoms with Gasteiger partial charge in [0.15, 0.2) is 0 Å². The van der Waals surface area contributed by atoms with Gasteiger partial charge in [0.1, 0.15) is 17.0 Å². The Hall–Kier alpha value is -3.03. The van der Waals surface area contributed by atoms with Crippen LogP contribution in [-0.4, -0.2) is 30.4 Å². The summed E-state index contributed by atoms with van der Waals surface area (Å²) in [6.45, 7) is 2.15. The molecule has 1 saturated carbocycles. The van der Waals surface area contributed by atoms with Crippen molar-refractivity contribution in [2.45, 2.75) is 32.2 Å². The molecule has 0 bridgehead atoms. The summed E-state index contributed by atoms with van der Waals surface area (Å²) in [6.07, 6.45) is 6.40. The highest BCUT2D eigenvalue weighted by atomic mass is 19.3. The molecule has 6 nitrogen and oxygen atoms in total. The molecule has 4 heterocycles. The second-order valence-corrected chi connectivity index (χ2v) is 7.06. The summed E-state index contributed by atoms with van der Waals surface area (Å²) >= 11 is 0. The monoisotopic (exact) mass is 368 g/mol. The number of rotatable bonds is 5. The minimum atomic E-state index is -2.58. The summed E-state index contributed by atoms with van der Waals surface area (Å²) in [6, 6.07) is 3.95. The summed E-state index contributed by atoms with van der Waals surface area (Å²) in [5.74, 6) is 1.30. The number of imidazole rings is 1. The van der Waals surface area contributed by atoms with Crippen molar-refractivity contribution in [2.75, 3.05) is 5.32 Å². The van der Waals surface area contributed by atoms with Gasteiger partial charge in [-0.1, -0.05) is 0 Å². The Morgan fingerprint density at radius 3 is 2.85 bits per heavy atom. The molecule has 2 N–H and O–H groups in total. The molecular formula is C19H18F2N6. The van der Waals surface area contributed by atoms with Crippen LogP contribution in [0.1, 0.15) is 31.9 Å². The first-order valence-electron chi connectivity index (χ1n) is 8.96. The van der Waals surface area contributed by atoms with Gasteiger partial charge < -0.3 is 10.3 Å². The van der Waals surface area contributed by atoms with Crippen LogP contribution in [0.15, 0.2) is 36.9 Å². The van der Waals surface area contributed by atoms with Crippen LogP contribution in [0.2, 0.25) is 0 Å². The van der Waals surface area contributed by atoms with Crippen molar-refractivity contribution in [3.05, 3.63) is 42.6 Å². The van der Waals surface area contributed by atoms with Gasteiger partial charge in [-0.15, -0.1) is 0 Å². The first kappa shape index (κ1) is 16.2. The van der Waals surface area contributed by atoms with Crippen molar-refractivity contribution >= 4 is 22.6 Å². The van der Waals surface area contributed by atoms with E-state index in [0.29, 0.717) is 29.2 Å². The smallest absolute Gasteiger partial charge is 0.280 e. The van der Waals surface area contributed by atoms with E-state index in [1.807, 2.05) is 12.3 Å². The van der Waals surface area contributed by atoms with Gasteiger partial charge in [-0.05, 0) is 37.8 Å². The highest BCUT2D eigenvalue weighted by Crippen LogP contribution is 2.34. The van der Waals surface area contributed by atoms with E-state index in [2.05, 4.69) is 32.2 Å². The highest BCUT2D eigenvalue weighted by molar-refractivity contribution is 5.93. The normalized spacial score (nSPS) is 15.7. The zero-order valence-electron chi connectivity index (χ0n) is 14.7. The molecule has 1 fully saturated rings. The number of nitrogens with one attached hydrogen (secondary N) is 2. The Labute approximate surface area is 153 Å². The molecule has 1 aliphatic rings. The van der Waals surface area contributed by atoms with E-state index in [4.69, 9.17) is 0 Å². The van der Waals surface area contributed by atoms with Crippen molar-refractivity contribution in [3.63, 3.8) is 0 Å². The number of fused-ring (bicyclic) bond motifs is 2. The number of H-pyrrole nitrogens is 1. The lowest BCUT2D eigenvalue weighted by Crippen LogP contribution is -2.18. The lowest BCUT2D eigenvalue weighted by atomic mass is 10.1. The molecule has 27 heavy (non-hydrogen) atoms. The predicted octanol–water partition coefficient (Wildman–Crippen LogP) is 4.42. The van der Waals surface area contributed by atoms with Crippen LogP contribution < -0.4 is 5.32 Å². The van der Waals surface area contributed by atoms with E-state index in [1.165, 1.54) is 23.4 Å². The third kappa shape index (κ3) is 2.81. The van der Waals surface area contributed by atoms with Gasteiger partial charge in [0.05, 0.1) is 6.20 Å². The van der Waals surface area contributed by atoms with Gasteiger partial charge in [-0.3, -0.25) is 4.40 Å². The molecule has 4 aromatic heterocycles. The molecule has 0 radical (unpaired) electrons. The fourth-order valence-corrected chi connectivity index (χ4v) is 3.45. The lowest BCUT2D eigenvalue weighted by Gasteiger charge is -2.12. The van der Waals surface area contributed by atoms with Crippen molar-refractivity contribution < 1.29 is 8.78 Å². The number of halogens is 2. The first-order chi connectivity index (χ1) is 13.1. The quantitative estimate of drug-likeness (QED) is 0.547. The van der Waals surface area contributed by atoms with E-state index in [0.717, 1.165) is 16.5 Å². The molecule has 0 saturated heterocycles. The minimum Gasteiger partial charge on any atom is -0.351 e. The van der Waals surface area contributed by atoms with Crippen molar-refractivity contribution in [1.82, 2.24) is 24.3 Å². The third-order valence-electron chi connectivity index (χ3n) is 5.19. The topological polar surface area (TPSA) is 70.9 Å². The molecule has 1 atom stereocenters. The summed E-state index contributed by atoms with van der Waals surface area (Å²) < 4.78 is 27.8. The number of hydrogen-bond donors (Lipinski definition) is 2. The number of alkyl halides is 2. The van der Waals surface area contributed by atoms with Crippen LogP contribution in [0.3, 0.4) is 0 Å². The Kier molecular flexibility index (Phi) is 3.60. The molecule has 0 aliphatic heterocycles. The largest absolute Gasteiger partial charge is 0.351 e. The van der Waals surface area contributed by atoms with Gasteiger partial charge in [0.2, 0.25) is 5.95 Å². The summed E-state index contributed by atoms with van der Waals surface area (Å²) in [7, 11) is 0. The number of aromatic amines is 1. The van der Waals surface area contributed by atoms with E-state index >= 15 is 0 Å². The molecule has 5 rings (SSSR count). The average Bonchev–Trinajstić information content (AvgIpc) is 3.29. The molecule has 0 aromatic carbocycles. The number of aromatic nitrogens is 5. The maximum atomic E-state index is 13.2. The zero-order chi connectivity index (χ0) is 18.5. The summed E-state index contributed by atoms with van der Waals surface area (Å²) in [5, 5.41) is 4.19. The van der Waals surface area contributed by atoms with E-state index < -0.39 is 6.43 Å². The van der Waals surface area contributed by atoms with Gasteiger partial charge in [0.25, 0.3) is 6.43 Å². The number of anilines is 1. The van der Waals surface area contributed by atoms with Crippen molar-refractivity contribution in [3.8, 4) is 11.1 Å². The molecule has 4 aromatic rings. The fraction of sp³-hybridized carbons (Fsp3) is 0.316. The molecule has 0 amide bonds. The lowest BCUT2D eigenvalue weighted by molar-refractivity contribution is 0.145. The standard InChI is InChI=1S/C19H18F2N6/c1-10(11-2-3-11)25-19-24-7-14-13(6-23-18(14)26-19)12-4-5-16-22-8-15(17(20)21)27(16)9-12/h4-11,17H,2-3H2,1H3,(H2,23,24,25,26). The molecule has 8 heteroatoms. The predicted molar refractivity (Wildman–Crippen MR) is 98.8 cm³/mol. The Bertz CT molecular complexity index is 1130. The maximum Gasteiger partial charge on any atom is 0.280 e. The van der Waals surface area contributed by atoms with E-state index in [-0.39, 0.29) is 5.69 Å². The molecule has 138 valence electrons. The first-order valence-corrected chi connectivity index (χ1v) is 8.96.